The van der Waals surface area contributed by atoms with Crippen molar-refractivity contribution in [3.05, 3.63) is 64.7 Å². The monoisotopic (exact) mass is 292 g/mol. The minimum absolute atomic E-state index is 0.598. The van der Waals surface area contributed by atoms with E-state index in [0.29, 0.717) is 6.04 Å². The van der Waals surface area contributed by atoms with E-state index in [1.165, 1.54) is 47.3 Å². The van der Waals surface area contributed by atoms with Crippen molar-refractivity contribution < 1.29 is 0 Å². The lowest BCUT2D eigenvalue weighted by Crippen LogP contribution is -2.38. The van der Waals surface area contributed by atoms with Crippen molar-refractivity contribution in [2.24, 2.45) is 0 Å². The smallest absolute Gasteiger partial charge is 0.0373 e. The van der Waals surface area contributed by atoms with Crippen molar-refractivity contribution in [1.82, 2.24) is 4.90 Å². The number of anilines is 1. The highest BCUT2D eigenvalue weighted by Crippen LogP contribution is 2.25. The summed E-state index contributed by atoms with van der Waals surface area (Å²) in [5.74, 6) is 0. The molecule has 0 amide bonds. The van der Waals surface area contributed by atoms with Crippen LogP contribution >= 0.6 is 0 Å². The average Bonchev–Trinajstić information content (AvgIpc) is 3.02. The molecule has 0 spiro atoms. The van der Waals surface area contributed by atoms with E-state index in [0.717, 1.165) is 19.5 Å². The van der Waals surface area contributed by atoms with Crippen molar-refractivity contribution in [2.75, 3.05) is 18.4 Å². The van der Waals surface area contributed by atoms with Gasteiger partial charge in [0.25, 0.3) is 0 Å². The van der Waals surface area contributed by atoms with Crippen molar-refractivity contribution in [3.63, 3.8) is 0 Å². The maximum Gasteiger partial charge on any atom is 0.0373 e. The normalized spacial score (nSPS) is 18.4. The second-order valence-corrected chi connectivity index (χ2v) is 6.71. The Bertz CT molecular complexity index is 677. The molecular formula is C20H24N2. The molecule has 0 radical (unpaired) electrons. The van der Waals surface area contributed by atoms with Gasteiger partial charge in [-0.25, -0.2) is 0 Å². The molecule has 4 rings (SSSR count). The lowest BCUT2D eigenvalue weighted by Gasteiger charge is -2.34. The van der Waals surface area contributed by atoms with E-state index in [9.17, 15) is 0 Å². The summed E-state index contributed by atoms with van der Waals surface area (Å²) in [6, 6.07) is 16.5. The van der Waals surface area contributed by atoms with Gasteiger partial charge in [-0.15, -0.1) is 0 Å². The topological polar surface area (TPSA) is 15.3 Å². The van der Waals surface area contributed by atoms with Crippen LogP contribution in [0.5, 0.6) is 0 Å². The summed E-state index contributed by atoms with van der Waals surface area (Å²) in [5.41, 5.74) is 7.36. The van der Waals surface area contributed by atoms with Crippen LogP contribution in [-0.4, -0.2) is 24.0 Å². The highest BCUT2D eigenvalue weighted by Gasteiger charge is 2.21. The van der Waals surface area contributed by atoms with Gasteiger partial charge in [0.1, 0.15) is 0 Å². The third-order valence-electron chi connectivity index (χ3n) is 5.19. The van der Waals surface area contributed by atoms with E-state index in [4.69, 9.17) is 0 Å². The van der Waals surface area contributed by atoms with Gasteiger partial charge in [-0.3, -0.25) is 4.90 Å². The molecule has 2 aliphatic rings. The first-order valence-electron chi connectivity index (χ1n) is 8.46. The van der Waals surface area contributed by atoms with E-state index < -0.39 is 0 Å². The molecule has 0 saturated heterocycles. The third kappa shape index (κ3) is 2.64. The van der Waals surface area contributed by atoms with Crippen LogP contribution in [0.2, 0.25) is 0 Å². The maximum atomic E-state index is 3.44. The summed E-state index contributed by atoms with van der Waals surface area (Å²) in [7, 11) is 0. The number of hydrogen-bond donors (Lipinski definition) is 1. The predicted molar refractivity (Wildman–Crippen MR) is 92.4 cm³/mol. The average molecular weight is 292 g/mol. The molecule has 0 fully saturated rings. The molecule has 1 unspecified atom stereocenters. The van der Waals surface area contributed by atoms with Crippen molar-refractivity contribution >= 4 is 5.69 Å². The first-order chi connectivity index (χ1) is 10.8. The second kappa shape index (κ2) is 5.77. The van der Waals surface area contributed by atoms with E-state index in [1.54, 1.807) is 0 Å². The Hall–Kier alpha value is -1.80. The highest BCUT2D eigenvalue weighted by atomic mass is 15.2. The van der Waals surface area contributed by atoms with Gasteiger partial charge < -0.3 is 5.32 Å². The van der Waals surface area contributed by atoms with Crippen LogP contribution in [-0.2, 0) is 25.8 Å². The molecule has 2 aromatic rings. The highest BCUT2D eigenvalue weighted by molar-refractivity contribution is 5.56. The number of nitrogens with one attached hydrogen (secondary N) is 1. The number of nitrogens with zero attached hydrogens (tertiary/aromatic N) is 1. The fraction of sp³-hybridized carbons (Fsp3) is 0.400. The van der Waals surface area contributed by atoms with Gasteiger partial charge in [-0.2, -0.15) is 0 Å². The number of benzene rings is 2. The molecule has 1 atom stereocenters. The summed E-state index contributed by atoms with van der Waals surface area (Å²) >= 11 is 0. The number of rotatable bonds is 3. The SMILES string of the molecule is CC(Cc1ccc2c(c1)CCN2)N1CCc2ccccc2C1. The van der Waals surface area contributed by atoms with Crippen LogP contribution in [0, 0.1) is 0 Å². The third-order valence-corrected chi connectivity index (χ3v) is 5.19. The van der Waals surface area contributed by atoms with Gasteiger partial charge in [0, 0.05) is 31.4 Å². The first kappa shape index (κ1) is 13.8. The van der Waals surface area contributed by atoms with Crippen molar-refractivity contribution in [1.29, 1.82) is 0 Å². The molecule has 2 nitrogen and oxygen atoms in total. The summed E-state index contributed by atoms with van der Waals surface area (Å²) in [4.78, 5) is 2.63. The Morgan fingerprint density at radius 2 is 1.91 bits per heavy atom. The Balaban J connectivity index is 1.45. The minimum atomic E-state index is 0.598. The standard InChI is InChI=1S/C20H24N2/c1-15(12-16-6-7-20-18(13-16)8-10-21-20)22-11-9-17-4-2-3-5-19(17)14-22/h2-7,13,15,21H,8-12,14H2,1H3. The fourth-order valence-electron chi connectivity index (χ4n) is 3.85. The van der Waals surface area contributed by atoms with Gasteiger partial charge in [0.05, 0.1) is 0 Å². The van der Waals surface area contributed by atoms with E-state index in [1.807, 2.05) is 0 Å². The van der Waals surface area contributed by atoms with Gasteiger partial charge in [-0.05, 0) is 54.5 Å². The second-order valence-electron chi connectivity index (χ2n) is 6.71. The van der Waals surface area contributed by atoms with Gasteiger partial charge in [0.2, 0.25) is 0 Å². The Kier molecular flexibility index (Phi) is 3.63. The Labute approximate surface area is 133 Å². The molecule has 114 valence electrons. The molecule has 0 bridgehead atoms. The van der Waals surface area contributed by atoms with Gasteiger partial charge >= 0.3 is 0 Å². The van der Waals surface area contributed by atoms with Crippen molar-refractivity contribution in [2.45, 2.75) is 38.8 Å². The molecule has 0 aromatic heterocycles. The largest absolute Gasteiger partial charge is 0.384 e. The fourth-order valence-corrected chi connectivity index (χ4v) is 3.85. The molecule has 1 N–H and O–H groups in total. The molecule has 2 aliphatic heterocycles. The molecule has 2 aromatic carbocycles. The van der Waals surface area contributed by atoms with E-state index in [-0.39, 0.29) is 0 Å². The minimum Gasteiger partial charge on any atom is -0.384 e. The van der Waals surface area contributed by atoms with E-state index in [2.05, 4.69) is 59.6 Å². The first-order valence-corrected chi connectivity index (χ1v) is 8.46. The zero-order valence-corrected chi connectivity index (χ0v) is 13.3. The van der Waals surface area contributed by atoms with Crippen LogP contribution in [0.25, 0.3) is 0 Å². The molecule has 2 heterocycles. The van der Waals surface area contributed by atoms with Crippen LogP contribution < -0.4 is 5.32 Å². The summed E-state index contributed by atoms with van der Waals surface area (Å²) in [6.45, 7) is 5.76. The molecule has 2 heteroatoms. The quantitative estimate of drug-likeness (QED) is 0.929. The van der Waals surface area contributed by atoms with Crippen LogP contribution in [0.15, 0.2) is 42.5 Å². The van der Waals surface area contributed by atoms with Crippen molar-refractivity contribution in [3.8, 4) is 0 Å². The van der Waals surface area contributed by atoms with Gasteiger partial charge in [-0.1, -0.05) is 36.4 Å². The number of fused-ring (bicyclic) bond motifs is 2. The summed E-state index contributed by atoms with van der Waals surface area (Å²) in [5, 5.41) is 3.44. The molecule has 22 heavy (non-hydrogen) atoms. The molecule has 0 saturated carbocycles. The summed E-state index contributed by atoms with van der Waals surface area (Å²) < 4.78 is 0. The van der Waals surface area contributed by atoms with Crippen LogP contribution in [0.3, 0.4) is 0 Å². The number of hydrogen-bond acceptors (Lipinski definition) is 2. The Morgan fingerprint density at radius 1 is 1.05 bits per heavy atom. The molecule has 0 aliphatic carbocycles. The lowest BCUT2D eigenvalue weighted by molar-refractivity contribution is 0.189. The van der Waals surface area contributed by atoms with Crippen LogP contribution in [0.4, 0.5) is 5.69 Å². The zero-order chi connectivity index (χ0) is 14.9. The summed E-state index contributed by atoms with van der Waals surface area (Å²) in [6.07, 6.45) is 3.51. The molecular weight excluding hydrogens is 268 g/mol. The van der Waals surface area contributed by atoms with Crippen LogP contribution in [0.1, 0.15) is 29.2 Å². The Morgan fingerprint density at radius 3 is 2.82 bits per heavy atom. The van der Waals surface area contributed by atoms with Gasteiger partial charge in [0.15, 0.2) is 0 Å². The van der Waals surface area contributed by atoms with E-state index >= 15 is 0 Å². The predicted octanol–water partition coefficient (Wildman–Crippen LogP) is 3.64. The lowest BCUT2D eigenvalue weighted by atomic mass is 9.96. The zero-order valence-electron chi connectivity index (χ0n) is 13.3. The maximum absolute atomic E-state index is 3.44.